The SMILES string of the molecule is c1nc(-c2ccc(CNC34CC5CC(CC(C5)C3)C4)cc2)no1. The molecule has 6 rings (SSSR count). The third kappa shape index (κ3) is 2.49. The van der Waals surface area contributed by atoms with Gasteiger partial charge in [0.15, 0.2) is 0 Å². The van der Waals surface area contributed by atoms with Crippen molar-refractivity contribution in [2.24, 2.45) is 17.8 Å². The second-order valence-corrected chi connectivity index (χ2v) is 8.00. The lowest BCUT2D eigenvalue weighted by atomic mass is 9.53. The molecule has 0 radical (unpaired) electrons. The highest BCUT2D eigenvalue weighted by Gasteiger charge is 2.50. The van der Waals surface area contributed by atoms with Gasteiger partial charge in [-0.2, -0.15) is 4.98 Å². The van der Waals surface area contributed by atoms with Crippen LogP contribution in [0.25, 0.3) is 11.4 Å². The molecule has 2 aromatic rings. The van der Waals surface area contributed by atoms with Crippen LogP contribution < -0.4 is 5.32 Å². The predicted molar refractivity (Wildman–Crippen MR) is 87.5 cm³/mol. The van der Waals surface area contributed by atoms with Crippen LogP contribution in [-0.2, 0) is 6.54 Å². The van der Waals surface area contributed by atoms with Crippen LogP contribution in [0, 0.1) is 17.8 Å². The molecule has 23 heavy (non-hydrogen) atoms. The quantitative estimate of drug-likeness (QED) is 0.933. The first-order valence-electron chi connectivity index (χ1n) is 8.89. The van der Waals surface area contributed by atoms with E-state index in [4.69, 9.17) is 4.52 Å². The lowest BCUT2D eigenvalue weighted by Crippen LogP contribution is -2.58. The Labute approximate surface area is 136 Å². The molecule has 120 valence electrons. The first kappa shape index (κ1) is 13.7. The highest BCUT2D eigenvalue weighted by molar-refractivity contribution is 5.54. The van der Waals surface area contributed by atoms with Crippen molar-refractivity contribution < 1.29 is 4.52 Å². The Hall–Kier alpha value is -1.68. The van der Waals surface area contributed by atoms with Gasteiger partial charge in [0, 0.05) is 17.6 Å². The van der Waals surface area contributed by atoms with E-state index < -0.39 is 0 Å². The van der Waals surface area contributed by atoms with Gasteiger partial charge in [0.1, 0.15) is 0 Å². The van der Waals surface area contributed by atoms with Crippen LogP contribution >= 0.6 is 0 Å². The van der Waals surface area contributed by atoms with Gasteiger partial charge in [-0.25, -0.2) is 0 Å². The van der Waals surface area contributed by atoms with Crippen LogP contribution in [0.1, 0.15) is 44.1 Å². The van der Waals surface area contributed by atoms with Gasteiger partial charge in [-0.15, -0.1) is 0 Å². The molecular weight excluding hydrogens is 286 g/mol. The van der Waals surface area contributed by atoms with E-state index in [-0.39, 0.29) is 0 Å². The Bertz CT molecular complexity index is 642. The van der Waals surface area contributed by atoms with Crippen molar-refractivity contribution in [1.29, 1.82) is 0 Å². The van der Waals surface area contributed by atoms with Crippen molar-refractivity contribution >= 4 is 0 Å². The van der Waals surface area contributed by atoms with Crippen molar-refractivity contribution in [2.75, 3.05) is 0 Å². The summed E-state index contributed by atoms with van der Waals surface area (Å²) in [7, 11) is 0. The molecule has 0 spiro atoms. The molecule has 4 fully saturated rings. The third-order valence-corrected chi connectivity index (χ3v) is 6.28. The first-order chi connectivity index (χ1) is 11.3. The van der Waals surface area contributed by atoms with Gasteiger partial charge in [0.2, 0.25) is 12.2 Å². The van der Waals surface area contributed by atoms with Crippen molar-refractivity contribution in [3.8, 4) is 11.4 Å². The smallest absolute Gasteiger partial charge is 0.214 e. The maximum atomic E-state index is 4.81. The van der Waals surface area contributed by atoms with Gasteiger partial charge >= 0.3 is 0 Å². The molecule has 4 heteroatoms. The summed E-state index contributed by atoms with van der Waals surface area (Å²) in [6.45, 7) is 0.971. The summed E-state index contributed by atoms with van der Waals surface area (Å²) in [5.41, 5.74) is 2.78. The summed E-state index contributed by atoms with van der Waals surface area (Å²) in [4.78, 5) is 4.10. The van der Waals surface area contributed by atoms with E-state index in [9.17, 15) is 0 Å². The number of nitrogens with one attached hydrogen (secondary N) is 1. The zero-order valence-corrected chi connectivity index (χ0v) is 13.4. The summed E-state index contributed by atoms with van der Waals surface area (Å²) in [6, 6.07) is 8.53. The number of benzene rings is 1. The maximum absolute atomic E-state index is 4.81. The lowest BCUT2D eigenvalue weighted by molar-refractivity contribution is -0.0206. The van der Waals surface area contributed by atoms with Gasteiger partial charge in [0.05, 0.1) is 0 Å². The molecule has 0 atom stereocenters. The zero-order chi connectivity index (χ0) is 15.3. The summed E-state index contributed by atoms with van der Waals surface area (Å²) in [5.74, 6) is 3.64. The van der Waals surface area contributed by atoms with E-state index in [0.717, 1.165) is 29.9 Å². The minimum absolute atomic E-state index is 0.432. The van der Waals surface area contributed by atoms with Crippen LogP contribution in [-0.4, -0.2) is 15.7 Å². The number of nitrogens with zero attached hydrogens (tertiary/aromatic N) is 2. The van der Waals surface area contributed by atoms with E-state index in [0.29, 0.717) is 11.4 Å². The average Bonchev–Trinajstić information content (AvgIpc) is 3.07. The van der Waals surface area contributed by atoms with Gasteiger partial charge in [-0.3, -0.25) is 0 Å². The fourth-order valence-electron chi connectivity index (χ4n) is 5.69. The topological polar surface area (TPSA) is 51.0 Å². The highest BCUT2D eigenvalue weighted by atomic mass is 16.5. The van der Waals surface area contributed by atoms with E-state index in [2.05, 4.69) is 39.7 Å². The average molecular weight is 309 g/mol. The number of hydrogen-bond acceptors (Lipinski definition) is 4. The Balaban J connectivity index is 1.28. The summed E-state index contributed by atoms with van der Waals surface area (Å²) >= 11 is 0. The van der Waals surface area contributed by atoms with E-state index in [1.807, 2.05) is 0 Å². The van der Waals surface area contributed by atoms with Crippen LogP contribution in [0.4, 0.5) is 0 Å². The van der Waals surface area contributed by atoms with Gasteiger partial charge in [0.25, 0.3) is 0 Å². The zero-order valence-electron chi connectivity index (χ0n) is 13.4. The Morgan fingerprint density at radius 2 is 1.65 bits per heavy atom. The van der Waals surface area contributed by atoms with Crippen LogP contribution in [0.2, 0.25) is 0 Å². The molecule has 0 unspecified atom stereocenters. The number of hydrogen-bond donors (Lipinski definition) is 1. The van der Waals surface area contributed by atoms with Crippen LogP contribution in [0.15, 0.2) is 35.2 Å². The van der Waals surface area contributed by atoms with Crippen molar-refractivity contribution in [1.82, 2.24) is 15.5 Å². The molecule has 4 nitrogen and oxygen atoms in total. The monoisotopic (exact) mass is 309 g/mol. The van der Waals surface area contributed by atoms with E-state index in [1.165, 1.54) is 50.5 Å². The normalized spacial score (nSPS) is 34.9. The highest BCUT2D eigenvalue weighted by Crippen LogP contribution is 2.55. The fourth-order valence-corrected chi connectivity index (χ4v) is 5.69. The first-order valence-corrected chi connectivity index (χ1v) is 8.89. The predicted octanol–water partition coefficient (Wildman–Crippen LogP) is 3.80. The molecule has 0 saturated heterocycles. The summed E-state index contributed by atoms with van der Waals surface area (Å²) in [5, 5.41) is 7.84. The second kappa shape index (κ2) is 5.17. The molecule has 0 aliphatic heterocycles. The molecule has 1 N–H and O–H groups in total. The van der Waals surface area contributed by atoms with Gasteiger partial charge < -0.3 is 9.84 Å². The molecule has 1 heterocycles. The largest absolute Gasteiger partial charge is 0.342 e. The Kier molecular flexibility index (Phi) is 3.08. The lowest BCUT2D eigenvalue weighted by Gasteiger charge is -2.57. The molecule has 4 aliphatic carbocycles. The molecule has 4 saturated carbocycles. The molecular formula is C19H23N3O. The number of rotatable bonds is 4. The van der Waals surface area contributed by atoms with Crippen molar-refractivity contribution in [2.45, 2.75) is 50.6 Å². The van der Waals surface area contributed by atoms with Crippen LogP contribution in [0.5, 0.6) is 0 Å². The summed E-state index contributed by atoms with van der Waals surface area (Å²) < 4.78 is 4.81. The molecule has 0 amide bonds. The summed E-state index contributed by atoms with van der Waals surface area (Å²) in [6.07, 6.45) is 10.1. The second-order valence-electron chi connectivity index (χ2n) is 8.00. The van der Waals surface area contributed by atoms with Crippen LogP contribution in [0.3, 0.4) is 0 Å². The molecule has 4 bridgehead atoms. The number of aromatic nitrogens is 2. The fraction of sp³-hybridized carbons (Fsp3) is 0.579. The maximum Gasteiger partial charge on any atom is 0.214 e. The van der Waals surface area contributed by atoms with E-state index in [1.54, 1.807) is 0 Å². The van der Waals surface area contributed by atoms with E-state index >= 15 is 0 Å². The molecule has 4 aliphatic rings. The van der Waals surface area contributed by atoms with Crippen molar-refractivity contribution in [3.63, 3.8) is 0 Å². The Morgan fingerprint density at radius 3 is 2.22 bits per heavy atom. The third-order valence-electron chi connectivity index (χ3n) is 6.28. The van der Waals surface area contributed by atoms with Gasteiger partial charge in [-0.1, -0.05) is 29.4 Å². The minimum Gasteiger partial charge on any atom is -0.342 e. The Morgan fingerprint density at radius 1 is 1.00 bits per heavy atom. The minimum atomic E-state index is 0.432. The molecule has 1 aromatic heterocycles. The standard InChI is InChI=1S/C19H23N3O/c1-3-17(18-20-12-23-22-18)4-2-13(1)11-21-19-8-14-5-15(9-19)7-16(6-14)10-19/h1-4,12,14-16,21H,5-11H2. The molecule has 1 aromatic carbocycles. The van der Waals surface area contributed by atoms with Crippen molar-refractivity contribution in [3.05, 3.63) is 36.2 Å². The van der Waals surface area contributed by atoms with Gasteiger partial charge in [-0.05, 0) is 61.8 Å².